The molecule has 0 aliphatic rings. The molecule has 19 heavy (non-hydrogen) atoms. The van der Waals surface area contributed by atoms with Crippen molar-refractivity contribution in [3.63, 3.8) is 0 Å². The normalized spacial score (nSPS) is 10.4. The molecule has 1 aromatic rings. The zero-order valence-electron chi connectivity index (χ0n) is 11.9. The number of phenols is 1. The molecule has 0 fully saturated rings. The van der Waals surface area contributed by atoms with Crippen LogP contribution in [0, 0.1) is 0 Å². The maximum atomic E-state index is 11.2. The second kappa shape index (κ2) is 8.57. The van der Waals surface area contributed by atoms with Gasteiger partial charge in [-0.2, -0.15) is 0 Å². The lowest BCUT2D eigenvalue weighted by atomic mass is 10.1. The summed E-state index contributed by atoms with van der Waals surface area (Å²) in [6.07, 6.45) is 7.33. The number of Topliss-reactive ketones (excluding diaryl/α,β-unsaturated/α-hetero) is 1. The van der Waals surface area contributed by atoms with Crippen molar-refractivity contribution in [2.75, 3.05) is 6.61 Å². The highest BCUT2D eigenvalue weighted by atomic mass is 16.5. The van der Waals surface area contributed by atoms with E-state index in [-0.39, 0.29) is 11.5 Å². The van der Waals surface area contributed by atoms with E-state index in [4.69, 9.17) is 4.74 Å². The van der Waals surface area contributed by atoms with Crippen LogP contribution in [-0.4, -0.2) is 17.5 Å². The van der Waals surface area contributed by atoms with Crippen molar-refractivity contribution < 1.29 is 14.6 Å². The predicted molar refractivity (Wildman–Crippen MR) is 77.0 cm³/mol. The topological polar surface area (TPSA) is 46.5 Å². The minimum Gasteiger partial charge on any atom is -0.507 e. The van der Waals surface area contributed by atoms with Gasteiger partial charge in [-0.1, -0.05) is 39.0 Å². The summed E-state index contributed by atoms with van der Waals surface area (Å²) in [5.74, 6) is 0.476. The van der Waals surface area contributed by atoms with Crippen LogP contribution in [0.2, 0.25) is 0 Å². The number of aromatic hydroxyl groups is 1. The van der Waals surface area contributed by atoms with E-state index in [1.807, 2.05) is 0 Å². The molecule has 0 saturated heterocycles. The molecule has 106 valence electrons. The van der Waals surface area contributed by atoms with Crippen molar-refractivity contribution in [2.45, 2.75) is 52.4 Å². The van der Waals surface area contributed by atoms with Crippen LogP contribution in [0.25, 0.3) is 0 Å². The maximum Gasteiger partial charge on any atom is 0.163 e. The van der Waals surface area contributed by atoms with Crippen molar-refractivity contribution in [1.29, 1.82) is 0 Å². The lowest BCUT2D eigenvalue weighted by Crippen LogP contribution is -1.98. The SMILES string of the molecule is CCCCCCCCOc1ccc(C(C)=O)c(O)c1. The summed E-state index contributed by atoms with van der Waals surface area (Å²) >= 11 is 0. The predicted octanol–water partition coefficient (Wildman–Crippen LogP) is 4.33. The fourth-order valence-corrected chi connectivity index (χ4v) is 1.97. The minimum atomic E-state index is -0.139. The first-order valence-corrected chi connectivity index (χ1v) is 7.12. The molecule has 0 amide bonds. The summed E-state index contributed by atoms with van der Waals surface area (Å²) in [6, 6.07) is 4.84. The summed E-state index contributed by atoms with van der Waals surface area (Å²) in [6.45, 7) is 4.30. The van der Waals surface area contributed by atoms with Crippen LogP contribution in [0.1, 0.15) is 62.7 Å². The lowest BCUT2D eigenvalue weighted by molar-refractivity contribution is 0.101. The van der Waals surface area contributed by atoms with Gasteiger partial charge in [0.05, 0.1) is 12.2 Å². The first-order chi connectivity index (χ1) is 9.15. The van der Waals surface area contributed by atoms with E-state index in [2.05, 4.69) is 6.92 Å². The number of rotatable bonds is 9. The molecule has 0 spiro atoms. The lowest BCUT2D eigenvalue weighted by Gasteiger charge is -2.08. The quantitative estimate of drug-likeness (QED) is 0.533. The first-order valence-electron chi connectivity index (χ1n) is 7.12. The highest BCUT2D eigenvalue weighted by Gasteiger charge is 2.07. The van der Waals surface area contributed by atoms with Crippen LogP contribution < -0.4 is 4.74 Å². The van der Waals surface area contributed by atoms with Gasteiger partial charge in [-0.05, 0) is 25.5 Å². The van der Waals surface area contributed by atoms with Crippen LogP contribution in [0.5, 0.6) is 11.5 Å². The van der Waals surface area contributed by atoms with Crippen LogP contribution in [0.3, 0.4) is 0 Å². The van der Waals surface area contributed by atoms with Gasteiger partial charge in [0.2, 0.25) is 0 Å². The van der Waals surface area contributed by atoms with Crippen molar-refractivity contribution >= 4 is 5.78 Å². The van der Waals surface area contributed by atoms with Gasteiger partial charge >= 0.3 is 0 Å². The Morgan fingerprint density at radius 3 is 2.47 bits per heavy atom. The summed E-state index contributed by atoms with van der Waals surface area (Å²) in [7, 11) is 0. The molecule has 1 aromatic carbocycles. The standard InChI is InChI=1S/C16H24O3/c1-3-4-5-6-7-8-11-19-14-9-10-15(13(2)17)16(18)12-14/h9-10,12,18H,3-8,11H2,1-2H3. The van der Waals surface area contributed by atoms with Gasteiger partial charge in [0, 0.05) is 6.07 Å². The zero-order chi connectivity index (χ0) is 14.1. The molecule has 3 nitrogen and oxygen atoms in total. The third-order valence-corrected chi connectivity index (χ3v) is 3.12. The van der Waals surface area contributed by atoms with E-state index in [1.54, 1.807) is 12.1 Å². The Morgan fingerprint density at radius 1 is 1.16 bits per heavy atom. The number of unbranched alkanes of at least 4 members (excludes halogenated alkanes) is 5. The number of benzene rings is 1. The summed E-state index contributed by atoms with van der Waals surface area (Å²) in [4.78, 5) is 11.2. The monoisotopic (exact) mass is 264 g/mol. The molecule has 0 saturated carbocycles. The molecule has 0 aromatic heterocycles. The molecular weight excluding hydrogens is 240 g/mol. The Kier molecular flexibility index (Phi) is 7.01. The third kappa shape index (κ3) is 5.77. The van der Waals surface area contributed by atoms with Crippen molar-refractivity contribution in [2.24, 2.45) is 0 Å². The highest BCUT2D eigenvalue weighted by molar-refractivity contribution is 5.96. The number of hydrogen-bond acceptors (Lipinski definition) is 3. The zero-order valence-corrected chi connectivity index (χ0v) is 11.9. The summed E-state index contributed by atoms with van der Waals surface area (Å²) in [5, 5.41) is 9.66. The number of phenolic OH excluding ortho intramolecular Hbond substituents is 1. The van der Waals surface area contributed by atoms with Crippen molar-refractivity contribution in [1.82, 2.24) is 0 Å². The van der Waals surface area contributed by atoms with E-state index < -0.39 is 0 Å². The Balaban J connectivity index is 2.26. The molecule has 0 aliphatic heterocycles. The van der Waals surface area contributed by atoms with Gasteiger partial charge < -0.3 is 9.84 Å². The molecule has 1 N–H and O–H groups in total. The largest absolute Gasteiger partial charge is 0.507 e. The van der Waals surface area contributed by atoms with E-state index in [1.165, 1.54) is 45.1 Å². The first kappa shape index (κ1) is 15.5. The van der Waals surface area contributed by atoms with E-state index in [0.29, 0.717) is 17.9 Å². The molecule has 0 unspecified atom stereocenters. The average molecular weight is 264 g/mol. The molecule has 1 rings (SSSR count). The fourth-order valence-electron chi connectivity index (χ4n) is 1.97. The van der Waals surface area contributed by atoms with Crippen molar-refractivity contribution in [3.05, 3.63) is 23.8 Å². The van der Waals surface area contributed by atoms with Crippen molar-refractivity contribution in [3.8, 4) is 11.5 Å². The number of carbonyl (C=O) groups is 1. The number of ketones is 1. The van der Waals surface area contributed by atoms with Gasteiger partial charge in [-0.3, -0.25) is 4.79 Å². The summed E-state index contributed by atoms with van der Waals surface area (Å²) in [5.41, 5.74) is 0.340. The fraction of sp³-hybridized carbons (Fsp3) is 0.562. The Labute approximate surface area is 115 Å². The Bertz CT molecular complexity index is 399. The Morgan fingerprint density at radius 2 is 1.84 bits per heavy atom. The van der Waals surface area contributed by atoms with Gasteiger partial charge in [-0.15, -0.1) is 0 Å². The van der Waals surface area contributed by atoms with Crippen LogP contribution >= 0.6 is 0 Å². The molecule has 3 heteroatoms. The van der Waals surface area contributed by atoms with E-state index >= 15 is 0 Å². The average Bonchev–Trinajstić information content (AvgIpc) is 2.37. The number of ether oxygens (including phenoxy) is 1. The number of hydrogen-bond donors (Lipinski definition) is 1. The molecule has 0 radical (unpaired) electrons. The maximum absolute atomic E-state index is 11.2. The van der Waals surface area contributed by atoms with E-state index in [9.17, 15) is 9.90 Å². The second-order valence-corrected chi connectivity index (χ2v) is 4.85. The van der Waals surface area contributed by atoms with Crippen LogP contribution in [-0.2, 0) is 0 Å². The van der Waals surface area contributed by atoms with E-state index in [0.717, 1.165) is 6.42 Å². The second-order valence-electron chi connectivity index (χ2n) is 4.85. The van der Waals surface area contributed by atoms with Gasteiger partial charge in [-0.25, -0.2) is 0 Å². The number of carbonyl (C=O) groups excluding carboxylic acids is 1. The Hall–Kier alpha value is -1.51. The van der Waals surface area contributed by atoms with Gasteiger partial charge in [0.15, 0.2) is 5.78 Å². The van der Waals surface area contributed by atoms with Crippen LogP contribution in [0.4, 0.5) is 0 Å². The molecular formula is C16H24O3. The van der Waals surface area contributed by atoms with Gasteiger partial charge in [0.25, 0.3) is 0 Å². The molecule has 0 aliphatic carbocycles. The van der Waals surface area contributed by atoms with Gasteiger partial charge in [0.1, 0.15) is 11.5 Å². The summed E-state index contributed by atoms with van der Waals surface area (Å²) < 4.78 is 5.56. The molecule has 0 heterocycles. The third-order valence-electron chi connectivity index (χ3n) is 3.12. The highest BCUT2D eigenvalue weighted by Crippen LogP contribution is 2.24. The minimum absolute atomic E-state index is 0.00653. The smallest absolute Gasteiger partial charge is 0.163 e. The van der Waals surface area contributed by atoms with Crippen LogP contribution in [0.15, 0.2) is 18.2 Å². The molecule has 0 bridgehead atoms. The molecule has 0 atom stereocenters.